The van der Waals surface area contributed by atoms with Crippen LogP contribution in [0.1, 0.15) is 83.8 Å². The third-order valence-electron chi connectivity index (χ3n) is 7.12. The Morgan fingerprint density at radius 3 is 2.67 bits per heavy atom. The minimum absolute atomic E-state index is 0.0702. The molecule has 1 aliphatic rings. The number of ketones is 1. The summed E-state index contributed by atoms with van der Waals surface area (Å²) in [7, 11) is 0. The molecular weight excluding hydrogens is 500 g/mol. The smallest absolute Gasteiger partial charge is 0.309 e. The summed E-state index contributed by atoms with van der Waals surface area (Å²) in [5.74, 6) is -1.59. The molecule has 0 aliphatic carbocycles. The van der Waals surface area contributed by atoms with Gasteiger partial charge >= 0.3 is 5.97 Å². The Bertz CT molecular complexity index is 958. The van der Waals surface area contributed by atoms with E-state index in [1.54, 1.807) is 19.9 Å². The molecule has 2 rings (SSSR count). The highest BCUT2D eigenvalue weighted by Crippen LogP contribution is 2.34. The van der Waals surface area contributed by atoms with Crippen molar-refractivity contribution in [2.45, 2.75) is 98.0 Å². The monoisotopic (exact) mass is 540 g/mol. The highest BCUT2D eigenvalue weighted by molar-refractivity contribution is 7.09. The van der Waals surface area contributed by atoms with Crippen molar-refractivity contribution in [1.82, 2.24) is 4.98 Å². The average Bonchev–Trinajstić information content (AvgIpc) is 3.28. The number of nitrogens with zero attached hydrogens (tertiary/aromatic N) is 1. The second kappa shape index (κ2) is 13.8. The van der Waals surface area contributed by atoms with Crippen LogP contribution in [0.3, 0.4) is 0 Å². The van der Waals surface area contributed by atoms with Gasteiger partial charge in [-0.2, -0.15) is 0 Å². The number of thiazole rings is 1. The summed E-state index contributed by atoms with van der Waals surface area (Å²) in [5.41, 5.74) is 6.17. The van der Waals surface area contributed by atoms with Gasteiger partial charge in [0.25, 0.3) is 0 Å². The van der Waals surface area contributed by atoms with Gasteiger partial charge < -0.3 is 20.7 Å². The average molecular weight is 541 g/mol. The Balaban J connectivity index is 2.35. The second-order valence-corrected chi connectivity index (χ2v) is 11.7. The van der Waals surface area contributed by atoms with Crippen molar-refractivity contribution in [3.63, 3.8) is 0 Å². The number of aliphatic hydroxyl groups is 2. The number of carbonyl (C=O) groups excluding carboxylic acids is 2. The zero-order valence-corrected chi connectivity index (χ0v) is 23.6. The number of halogens is 1. The summed E-state index contributed by atoms with van der Waals surface area (Å²) < 4.78 is 5.70. The Labute approximate surface area is 223 Å². The molecule has 9 heteroatoms. The number of rotatable bonds is 4. The zero-order valence-electron chi connectivity index (χ0n) is 22.0. The van der Waals surface area contributed by atoms with Crippen molar-refractivity contribution in [3.05, 3.63) is 32.8 Å². The van der Waals surface area contributed by atoms with Crippen molar-refractivity contribution in [3.8, 4) is 0 Å². The Morgan fingerprint density at radius 1 is 1.36 bits per heavy atom. The summed E-state index contributed by atoms with van der Waals surface area (Å²) >= 11 is 8.02. The fourth-order valence-electron chi connectivity index (χ4n) is 4.46. The largest absolute Gasteiger partial charge is 0.456 e. The van der Waals surface area contributed by atoms with E-state index in [1.807, 2.05) is 32.2 Å². The van der Waals surface area contributed by atoms with Gasteiger partial charge in [-0.05, 0) is 44.6 Å². The van der Waals surface area contributed by atoms with Gasteiger partial charge in [0.2, 0.25) is 0 Å². The van der Waals surface area contributed by atoms with Crippen LogP contribution < -0.4 is 5.73 Å². The molecule has 4 N–H and O–H groups in total. The van der Waals surface area contributed by atoms with Crippen molar-refractivity contribution in [2.24, 2.45) is 23.0 Å². The van der Waals surface area contributed by atoms with Crippen LogP contribution in [0.5, 0.6) is 0 Å². The molecule has 7 nitrogen and oxygen atoms in total. The standard InChI is InChI=1S/C27H41ClN2O5S/c1-6-19-25(33)17(3)9-7-8-16(2)10-11-21(20(28)12-18-15-36-23(14-29)30-18)35-24(32)13-22(31)27(4,5)26(19)34/h10,12,15,17,19,21-22,25,31,33H,6-9,11,13-14,29H2,1-5H3/t17-,19+,21-,22-,25-/m0/s1. The molecule has 1 aromatic rings. The van der Waals surface area contributed by atoms with Crippen LogP contribution in [-0.4, -0.2) is 45.3 Å². The van der Waals surface area contributed by atoms with E-state index in [-0.39, 0.29) is 18.1 Å². The lowest BCUT2D eigenvalue weighted by Crippen LogP contribution is -2.46. The Kier molecular flexibility index (Phi) is 11.8. The first-order chi connectivity index (χ1) is 16.9. The topological polar surface area (TPSA) is 123 Å². The molecule has 0 saturated carbocycles. The fourth-order valence-corrected chi connectivity index (χ4v) is 5.34. The number of hydrogen-bond donors (Lipinski definition) is 3. The number of aromatic nitrogens is 1. The summed E-state index contributed by atoms with van der Waals surface area (Å²) in [6.45, 7) is 9.39. The first-order valence-corrected chi connectivity index (χ1v) is 13.9. The third kappa shape index (κ3) is 8.21. The highest BCUT2D eigenvalue weighted by atomic mass is 35.5. The molecule has 1 aromatic heterocycles. The molecule has 0 unspecified atom stereocenters. The van der Waals surface area contributed by atoms with Crippen molar-refractivity contribution < 1.29 is 24.5 Å². The van der Waals surface area contributed by atoms with Gasteiger partial charge in [-0.25, -0.2) is 4.98 Å². The number of carbonyl (C=O) groups is 2. The molecule has 36 heavy (non-hydrogen) atoms. The summed E-state index contributed by atoms with van der Waals surface area (Å²) in [6, 6.07) is 0. The van der Waals surface area contributed by atoms with Gasteiger partial charge in [-0.3, -0.25) is 9.59 Å². The molecule has 5 atom stereocenters. The minimum atomic E-state index is -1.27. The SMILES string of the molecule is CC[C@H]1C(=O)C(C)(C)[C@@H](O)CC(=O)O[C@H](C(Cl)=Cc2csc(CN)n2)CC=C(C)CCC[C@H](C)[C@@H]1O. The number of aliphatic hydroxyl groups excluding tert-OH is 2. The normalized spacial score (nSPS) is 29.5. The van der Waals surface area contributed by atoms with Gasteiger partial charge in [-0.1, -0.05) is 50.9 Å². The van der Waals surface area contributed by atoms with Gasteiger partial charge in [0.1, 0.15) is 16.9 Å². The van der Waals surface area contributed by atoms with Crippen molar-refractivity contribution >= 4 is 40.8 Å². The number of Topliss-reactive ketones (excluding diaryl/α,β-unsaturated/α-hetero) is 1. The molecule has 0 amide bonds. The van der Waals surface area contributed by atoms with Crippen LogP contribution in [-0.2, 0) is 20.9 Å². The van der Waals surface area contributed by atoms with E-state index in [1.165, 1.54) is 11.3 Å². The van der Waals surface area contributed by atoms with Crippen LogP contribution in [0.2, 0.25) is 0 Å². The van der Waals surface area contributed by atoms with E-state index < -0.39 is 35.6 Å². The van der Waals surface area contributed by atoms with Crippen molar-refractivity contribution in [2.75, 3.05) is 0 Å². The minimum Gasteiger partial charge on any atom is -0.456 e. The number of hydrogen-bond acceptors (Lipinski definition) is 8. The van der Waals surface area contributed by atoms with E-state index in [0.717, 1.165) is 29.8 Å². The molecule has 0 radical (unpaired) electrons. The van der Waals surface area contributed by atoms with E-state index in [4.69, 9.17) is 22.1 Å². The van der Waals surface area contributed by atoms with Gasteiger partial charge in [0.05, 0.1) is 34.8 Å². The number of nitrogens with two attached hydrogens (primary N) is 1. The van der Waals surface area contributed by atoms with E-state index in [9.17, 15) is 19.8 Å². The molecule has 2 heterocycles. The quantitative estimate of drug-likeness (QED) is 0.363. The van der Waals surface area contributed by atoms with Crippen LogP contribution >= 0.6 is 22.9 Å². The number of allylic oxidation sites excluding steroid dienone is 1. The van der Waals surface area contributed by atoms with E-state index in [2.05, 4.69) is 4.98 Å². The first-order valence-electron chi connectivity index (χ1n) is 12.7. The van der Waals surface area contributed by atoms with Crippen LogP contribution in [0, 0.1) is 17.3 Å². The predicted molar refractivity (Wildman–Crippen MR) is 144 cm³/mol. The fraction of sp³-hybridized carbons (Fsp3) is 0.667. The van der Waals surface area contributed by atoms with Gasteiger partial charge in [-0.15, -0.1) is 11.3 Å². The highest BCUT2D eigenvalue weighted by Gasteiger charge is 2.43. The summed E-state index contributed by atoms with van der Waals surface area (Å²) in [5, 5.41) is 24.8. The lowest BCUT2D eigenvalue weighted by atomic mass is 9.71. The summed E-state index contributed by atoms with van der Waals surface area (Å²) in [6.07, 6.45) is 3.74. The number of esters is 1. The molecule has 0 aromatic carbocycles. The Morgan fingerprint density at radius 2 is 2.06 bits per heavy atom. The summed E-state index contributed by atoms with van der Waals surface area (Å²) in [4.78, 5) is 30.6. The zero-order chi connectivity index (χ0) is 27.0. The van der Waals surface area contributed by atoms with E-state index in [0.29, 0.717) is 30.1 Å². The maximum Gasteiger partial charge on any atom is 0.309 e. The predicted octanol–water partition coefficient (Wildman–Crippen LogP) is 4.98. The van der Waals surface area contributed by atoms with Crippen molar-refractivity contribution in [1.29, 1.82) is 0 Å². The van der Waals surface area contributed by atoms with Gasteiger partial charge in [0.15, 0.2) is 0 Å². The van der Waals surface area contributed by atoms with Crippen LogP contribution in [0.15, 0.2) is 22.1 Å². The molecule has 1 aliphatic heterocycles. The number of cyclic esters (lactones) is 1. The lowest BCUT2D eigenvalue weighted by molar-refractivity contribution is -0.154. The molecular formula is C27H41ClN2O5S. The lowest BCUT2D eigenvalue weighted by Gasteiger charge is -2.35. The van der Waals surface area contributed by atoms with Crippen LogP contribution in [0.4, 0.5) is 0 Å². The Hall–Kier alpha value is -1.58. The maximum atomic E-state index is 13.4. The molecule has 0 bridgehead atoms. The first kappa shape index (κ1) is 30.6. The maximum absolute atomic E-state index is 13.4. The molecule has 0 saturated heterocycles. The molecule has 0 fully saturated rings. The van der Waals surface area contributed by atoms with Crippen LogP contribution in [0.25, 0.3) is 6.08 Å². The van der Waals surface area contributed by atoms with E-state index >= 15 is 0 Å². The van der Waals surface area contributed by atoms with Gasteiger partial charge in [0, 0.05) is 24.3 Å². The molecule has 0 spiro atoms. The molecule has 202 valence electrons. The third-order valence-corrected chi connectivity index (χ3v) is 8.36. The second-order valence-electron chi connectivity index (χ2n) is 10.3. The number of ether oxygens (including phenoxy) is 1.